The highest BCUT2D eigenvalue weighted by Crippen LogP contribution is 2.34. The molecule has 1 aromatic carbocycles. The van der Waals surface area contributed by atoms with Gasteiger partial charge in [-0.2, -0.15) is 9.97 Å². The number of rotatable bonds is 6. The van der Waals surface area contributed by atoms with Crippen LogP contribution in [0.4, 0.5) is 11.6 Å². The number of carbonyl (C=O) groups is 1. The number of ether oxygens (including phenoxy) is 2. The van der Waals surface area contributed by atoms with Gasteiger partial charge in [-0.1, -0.05) is 0 Å². The summed E-state index contributed by atoms with van der Waals surface area (Å²) in [6.45, 7) is 3.12. The van der Waals surface area contributed by atoms with Gasteiger partial charge in [0.2, 0.25) is 11.8 Å². The molecule has 3 aromatic heterocycles. The summed E-state index contributed by atoms with van der Waals surface area (Å²) in [6, 6.07) is 9.53. The average Bonchev–Trinajstić information content (AvgIpc) is 3.23. The van der Waals surface area contributed by atoms with E-state index < -0.39 is 0 Å². The van der Waals surface area contributed by atoms with Crippen molar-refractivity contribution in [2.75, 3.05) is 32.7 Å². The van der Waals surface area contributed by atoms with E-state index in [1.165, 1.54) is 0 Å². The second-order valence-corrected chi connectivity index (χ2v) is 7.98. The van der Waals surface area contributed by atoms with E-state index in [1.54, 1.807) is 30.5 Å². The second kappa shape index (κ2) is 8.51. The monoisotopic (exact) mass is 444 g/mol. The molecule has 2 N–H and O–H groups in total. The van der Waals surface area contributed by atoms with E-state index in [2.05, 4.69) is 25.3 Å². The lowest BCUT2D eigenvalue weighted by Gasteiger charge is -2.34. The summed E-state index contributed by atoms with van der Waals surface area (Å²) in [5.74, 6) is 0.838. The number of pyridine rings is 1. The standard InChI is InChI=1S/C24H24N6O3/c1-14-10-16(23(31)30(2)17-12-33-13-17)4-5-19(14)27-24-28-21-20(22(29-24)32-3)18(11-26-21)15-6-8-25-9-7-15/h4-11,17H,12-13H2,1-3H3,(H2,26,27,28,29). The van der Waals surface area contributed by atoms with Crippen LogP contribution in [0.25, 0.3) is 22.2 Å². The summed E-state index contributed by atoms with van der Waals surface area (Å²) >= 11 is 0. The van der Waals surface area contributed by atoms with Gasteiger partial charge < -0.3 is 24.7 Å². The number of anilines is 2. The van der Waals surface area contributed by atoms with Crippen molar-refractivity contribution in [1.29, 1.82) is 0 Å². The summed E-state index contributed by atoms with van der Waals surface area (Å²) in [6.07, 6.45) is 5.37. The maximum absolute atomic E-state index is 12.8. The first-order valence-electron chi connectivity index (χ1n) is 10.6. The fourth-order valence-electron chi connectivity index (χ4n) is 3.84. The zero-order chi connectivity index (χ0) is 22.9. The molecule has 5 rings (SSSR count). The molecule has 9 nitrogen and oxygen atoms in total. The lowest BCUT2D eigenvalue weighted by molar-refractivity contribution is -0.0467. The highest BCUT2D eigenvalue weighted by atomic mass is 16.5. The van der Waals surface area contributed by atoms with Crippen LogP contribution in [0.15, 0.2) is 48.9 Å². The van der Waals surface area contributed by atoms with E-state index in [-0.39, 0.29) is 11.9 Å². The first kappa shape index (κ1) is 20.9. The van der Waals surface area contributed by atoms with E-state index in [0.29, 0.717) is 36.3 Å². The molecule has 1 aliphatic rings. The van der Waals surface area contributed by atoms with Gasteiger partial charge in [-0.25, -0.2) is 0 Å². The number of fused-ring (bicyclic) bond motifs is 1. The van der Waals surface area contributed by atoms with Gasteiger partial charge in [0.25, 0.3) is 5.91 Å². The molecule has 1 saturated heterocycles. The van der Waals surface area contributed by atoms with Crippen molar-refractivity contribution < 1.29 is 14.3 Å². The van der Waals surface area contributed by atoms with E-state index in [0.717, 1.165) is 27.8 Å². The first-order valence-corrected chi connectivity index (χ1v) is 10.6. The van der Waals surface area contributed by atoms with Crippen molar-refractivity contribution in [3.8, 4) is 17.0 Å². The Hall–Kier alpha value is -3.98. The normalized spacial score (nSPS) is 13.5. The first-order chi connectivity index (χ1) is 16.0. The van der Waals surface area contributed by atoms with Crippen molar-refractivity contribution in [2.24, 2.45) is 0 Å². The third-order valence-electron chi connectivity index (χ3n) is 5.89. The fraction of sp³-hybridized carbons (Fsp3) is 0.250. The molecular weight excluding hydrogens is 420 g/mol. The number of nitrogens with one attached hydrogen (secondary N) is 2. The molecule has 1 amide bonds. The number of aromatic nitrogens is 4. The molecule has 0 bridgehead atoms. The Morgan fingerprint density at radius 1 is 1.21 bits per heavy atom. The summed E-state index contributed by atoms with van der Waals surface area (Å²) in [5, 5.41) is 4.05. The van der Waals surface area contributed by atoms with E-state index in [4.69, 9.17) is 9.47 Å². The topological polar surface area (TPSA) is 105 Å². The number of hydrogen-bond acceptors (Lipinski definition) is 7. The van der Waals surface area contributed by atoms with Crippen molar-refractivity contribution in [1.82, 2.24) is 24.8 Å². The lowest BCUT2D eigenvalue weighted by atomic mass is 10.1. The molecule has 1 fully saturated rings. The molecular formula is C24H24N6O3. The Labute approximate surface area is 190 Å². The lowest BCUT2D eigenvalue weighted by Crippen LogP contribution is -2.49. The smallest absolute Gasteiger partial charge is 0.254 e. The molecule has 0 unspecified atom stereocenters. The van der Waals surface area contributed by atoms with Gasteiger partial charge in [0, 0.05) is 42.5 Å². The number of likely N-dealkylation sites (N-methyl/N-ethyl adjacent to an activating group) is 1. The fourth-order valence-corrected chi connectivity index (χ4v) is 3.84. The van der Waals surface area contributed by atoms with Gasteiger partial charge in [-0.05, 0) is 48.4 Å². The van der Waals surface area contributed by atoms with Gasteiger partial charge in [-0.15, -0.1) is 0 Å². The van der Waals surface area contributed by atoms with Crippen LogP contribution >= 0.6 is 0 Å². The van der Waals surface area contributed by atoms with Crippen molar-refractivity contribution in [3.05, 3.63) is 60.0 Å². The highest BCUT2D eigenvalue weighted by Gasteiger charge is 2.27. The SMILES string of the molecule is COc1nc(Nc2ccc(C(=O)N(C)C3COC3)cc2C)nc2[nH]cc(-c3ccncc3)c12. The van der Waals surface area contributed by atoms with Gasteiger partial charge >= 0.3 is 0 Å². The van der Waals surface area contributed by atoms with Crippen molar-refractivity contribution >= 4 is 28.6 Å². The summed E-state index contributed by atoms with van der Waals surface area (Å²) in [7, 11) is 3.40. The summed E-state index contributed by atoms with van der Waals surface area (Å²) in [4.78, 5) is 31.0. The summed E-state index contributed by atoms with van der Waals surface area (Å²) < 4.78 is 10.8. The molecule has 168 valence electrons. The number of nitrogens with zero attached hydrogens (tertiary/aromatic N) is 4. The Morgan fingerprint density at radius 3 is 2.67 bits per heavy atom. The zero-order valence-electron chi connectivity index (χ0n) is 18.6. The quantitative estimate of drug-likeness (QED) is 0.468. The van der Waals surface area contributed by atoms with Gasteiger partial charge in [0.15, 0.2) is 0 Å². The number of hydrogen-bond donors (Lipinski definition) is 2. The number of H-pyrrole nitrogens is 1. The maximum Gasteiger partial charge on any atom is 0.254 e. The third-order valence-corrected chi connectivity index (χ3v) is 5.89. The minimum absolute atomic E-state index is 0.0210. The number of aromatic amines is 1. The van der Waals surface area contributed by atoms with E-state index in [9.17, 15) is 4.79 Å². The predicted octanol–water partition coefficient (Wildman–Crippen LogP) is 3.55. The Bertz CT molecular complexity index is 1320. The Balaban J connectivity index is 1.43. The molecule has 0 spiro atoms. The van der Waals surface area contributed by atoms with Crippen molar-refractivity contribution in [2.45, 2.75) is 13.0 Å². The predicted molar refractivity (Wildman–Crippen MR) is 125 cm³/mol. The van der Waals surface area contributed by atoms with Gasteiger partial charge in [0.1, 0.15) is 5.65 Å². The molecule has 4 aromatic rings. The molecule has 4 heterocycles. The van der Waals surface area contributed by atoms with Crippen LogP contribution in [0.1, 0.15) is 15.9 Å². The number of amides is 1. The largest absolute Gasteiger partial charge is 0.480 e. The van der Waals surface area contributed by atoms with Gasteiger partial charge in [-0.3, -0.25) is 9.78 Å². The molecule has 33 heavy (non-hydrogen) atoms. The number of benzene rings is 1. The van der Waals surface area contributed by atoms with Crippen LogP contribution in [0.2, 0.25) is 0 Å². The van der Waals surface area contributed by atoms with Crippen LogP contribution in [0, 0.1) is 6.92 Å². The van der Waals surface area contributed by atoms with Crippen LogP contribution in [0.5, 0.6) is 5.88 Å². The van der Waals surface area contributed by atoms with Crippen LogP contribution in [0.3, 0.4) is 0 Å². The average molecular weight is 444 g/mol. The van der Waals surface area contributed by atoms with Gasteiger partial charge in [0.05, 0.1) is 31.8 Å². The maximum atomic E-state index is 12.8. The van der Waals surface area contributed by atoms with Crippen molar-refractivity contribution in [3.63, 3.8) is 0 Å². The highest BCUT2D eigenvalue weighted by molar-refractivity contribution is 5.98. The molecule has 0 radical (unpaired) electrons. The molecule has 0 atom stereocenters. The molecule has 9 heteroatoms. The minimum atomic E-state index is -0.0210. The molecule has 0 saturated carbocycles. The molecule has 1 aliphatic heterocycles. The Morgan fingerprint density at radius 2 is 2.00 bits per heavy atom. The molecule has 0 aliphatic carbocycles. The number of carbonyl (C=O) groups excluding carboxylic acids is 1. The second-order valence-electron chi connectivity index (χ2n) is 7.98. The van der Waals surface area contributed by atoms with Crippen LogP contribution in [-0.4, -0.2) is 64.2 Å². The van der Waals surface area contributed by atoms with E-state index in [1.807, 2.05) is 44.4 Å². The van der Waals surface area contributed by atoms with Crippen LogP contribution in [-0.2, 0) is 4.74 Å². The zero-order valence-corrected chi connectivity index (χ0v) is 18.6. The number of methoxy groups -OCH3 is 1. The van der Waals surface area contributed by atoms with Crippen LogP contribution < -0.4 is 10.1 Å². The third kappa shape index (κ3) is 3.87. The minimum Gasteiger partial charge on any atom is -0.480 e. The summed E-state index contributed by atoms with van der Waals surface area (Å²) in [5.41, 5.74) is 4.94. The Kier molecular flexibility index (Phi) is 5.39. The van der Waals surface area contributed by atoms with E-state index >= 15 is 0 Å². The number of aryl methyl sites for hydroxylation is 1.